The van der Waals surface area contributed by atoms with Crippen molar-refractivity contribution in [1.82, 2.24) is 0 Å². The van der Waals surface area contributed by atoms with Crippen LogP contribution in [0.3, 0.4) is 0 Å². The minimum absolute atomic E-state index is 0.000978. The summed E-state index contributed by atoms with van der Waals surface area (Å²) in [4.78, 5) is 0. The van der Waals surface area contributed by atoms with Crippen LogP contribution in [0.4, 0.5) is 0 Å². The van der Waals surface area contributed by atoms with E-state index in [1.165, 1.54) is 5.56 Å². The van der Waals surface area contributed by atoms with Crippen LogP contribution < -0.4 is 0 Å². The van der Waals surface area contributed by atoms with E-state index < -0.39 is 0 Å². The maximum Gasteiger partial charge on any atom is 0.0991 e. The predicted octanol–water partition coefficient (Wildman–Crippen LogP) is 3.82. The van der Waals surface area contributed by atoms with Gasteiger partial charge in [0.1, 0.15) is 0 Å². The fourth-order valence-electron chi connectivity index (χ4n) is 2.39. The van der Waals surface area contributed by atoms with Crippen molar-refractivity contribution >= 4 is 0 Å². The Balaban J connectivity index is 2.25. The molecule has 100 valence electrons. The predicted molar refractivity (Wildman–Crippen MR) is 76.8 cm³/mol. The SMILES string of the molecule is CC1(C)C=CC(C(C)(C)c2ccc(C#N)cc2)CO1. The highest BCUT2D eigenvalue weighted by atomic mass is 16.5. The van der Waals surface area contributed by atoms with Crippen LogP contribution in [-0.4, -0.2) is 12.2 Å². The molecule has 1 unspecified atom stereocenters. The van der Waals surface area contributed by atoms with E-state index in [0.29, 0.717) is 11.5 Å². The summed E-state index contributed by atoms with van der Waals surface area (Å²) in [6.45, 7) is 9.34. The molecule has 0 aromatic heterocycles. The van der Waals surface area contributed by atoms with E-state index >= 15 is 0 Å². The van der Waals surface area contributed by atoms with Gasteiger partial charge in [-0.3, -0.25) is 0 Å². The highest BCUT2D eigenvalue weighted by Gasteiger charge is 2.34. The average molecular weight is 255 g/mol. The zero-order valence-electron chi connectivity index (χ0n) is 12.1. The molecule has 0 spiro atoms. The van der Waals surface area contributed by atoms with Crippen molar-refractivity contribution in [3.05, 3.63) is 47.5 Å². The molecule has 0 amide bonds. The first-order chi connectivity index (χ1) is 8.85. The second-order valence-corrected chi connectivity index (χ2v) is 6.29. The maximum atomic E-state index is 8.86. The lowest BCUT2D eigenvalue weighted by Crippen LogP contribution is -2.38. The van der Waals surface area contributed by atoms with E-state index in [1.807, 2.05) is 24.3 Å². The lowest BCUT2D eigenvalue weighted by atomic mass is 9.72. The summed E-state index contributed by atoms with van der Waals surface area (Å²) < 4.78 is 5.89. The molecule has 2 nitrogen and oxygen atoms in total. The van der Waals surface area contributed by atoms with Gasteiger partial charge in [0.25, 0.3) is 0 Å². The number of nitrogens with zero attached hydrogens (tertiary/aromatic N) is 1. The van der Waals surface area contributed by atoms with Crippen LogP contribution >= 0.6 is 0 Å². The summed E-state index contributed by atoms with van der Waals surface area (Å²) >= 11 is 0. The molecule has 0 aliphatic carbocycles. The largest absolute Gasteiger partial charge is 0.371 e. The summed E-state index contributed by atoms with van der Waals surface area (Å²) in [6, 6.07) is 10.0. The molecule has 1 atom stereocenters. The number of benzene rings is 1. The third-order valence-corrected chi connectivity index (χ3v) is 4.05. The van der Waals surface area contributed by atoms with Gasteiger partial charge in [-0.2, -0.15) is 5.26 Å². The van der Waals surface area contributed by atoms with Gasteiger partial charge in [0.2, 0.25) is 0 Å². The Kier molecular flexibility index (Phi) is 3.52. The van der Waals surface area contributed by atoms with Crippen LogP contribution in [0.5, 0.6) is 0 Å². The van der Waals surface area contributed by atoms with Crippen molar-refractivity contribution in [2.24, 2.45) is 5.92 Å². The molecular formula is C17H21NO. The Hall–Kier alpha value is -1.59. The summed E-state index contributed by atoms with van der Waals surface area (Å²) in [6.07, 6.45) is 4.41. The second kappa shape index (κ2) is 4.83. The Morgan fingerprint density at radius 3 is 2.37 bits per heavy atom. The smallest absolute Gasteiger partial charge is 0.0991 e. The van der Waals surface area contributed by atoms with Crippen molar-refractivity contribution in [1.29, 1.82) is 5.26 Å². The summed E-state index contributed by atoms with van der Waals surface area (Å²) in [5.41, 5.74) is 1.79. The molecule has 2 rings (SSSR count). The molecular weight excluding hydrogens is 234 g/mol. The molecule has 2 heteroatoms. The first-order valence-electron chi connectivity index (χ1n) is 6.69. The Morgan fingerprint density at radius 2 is 1.89 bits per heavy atom. The van der Waals surface area contributed by atoms with Crippen LogP contribution in [0.1, 0.15) is 38.8 Å². The summed E-state index contributed by atoms with van der Waals surface area (Å²) in [5.74, 6) is 0.355. The van der Waals surface area contributed by atoms with E-state index in [-0.39, 0.29) is 11.0 Å². The number of hydrogen-bond acceptors (Lipinski definition) is 2. The first-order valence-corrected chi connectivity index (χ1v) is 6.69. The van der Waals surface area contributed by atoms with Crippen molar-refractivity contribution < 1.29 is 4.74 Å². The lowest BCUT2D eigenvalue weighted by molar-refractivity contribution is -0.0172. The van der Waals surface area contributed by atoms with Crippen LogP contribution in [0, 0.1) is 17.2 Å². The molecule has 0 radical (unpaired) electrons. The van der Waals surface area contributed by atoms with E-state index in [4.69, 9.17) is 10.00 Å². The molecule has 0 bridgehead atoms. The quantitative estimate of drug-likeness (QED) is 0.753. The molecule has 1 aliphatic rings. The number of ether oxygens (including phenoxy) is 1. The molecule has 1 aromatic rings. The molecule has 19 heavy (non-hydrogen) atoms. The third-order valence-electron chi connectivity index (χ3n) is 4.05. The van der Waals surface area contributed by atoms with Crippen LogP contribution in [0.15, 0.2) is 36.4 Å². The monoisotopic (exact) mass is 255 g/mol. The molecule has 0 saturated heterocycles. The van der Waals surface area contributed by atoms with Crippen molar-refractivity contribution in [2.75, 3.05) is 6.61 Å². The molecule has 0 fully saturated rings. The van der Waals surface area contributed by atoms with Gasteiger partial charge in [-0.05, 0) is 37.0 Å². The van der Waals surface area contributed by atoms with E-state index in [9.17, 15) is 0 Å². The lowest BCUT2D eigenvalue weighted by Gasteiger charge is -2.38. The standard InChI is InChI=1S/C17H21NO/c1-16(2)10-9-15(12-19-16)17(3,4)14-7-5-13(11-18)6-8-14/h5-10,15H,12H2,1-4H3. The Morgan fingerprint density at radius 1 is 1.26 bits per heavy atom. The molecule has 1 aliphatic heterocycles. The number of rotatable bonds is 2. The van der Waals surface area contributed by atoms with Gasteiger partial charge in [-0.15, -0.1) is 0 Å². The van der Waals surface area contributed by atoms with Gasteiger partial charge in [0.05, 0.1) is 23.8 Å². The molecule has 0 N–H and O–H groups in total. The van der Waals surface area contributed by atoms with Crippen LogP contribution in [0.2, 0.25) is 0 Å². The van der Waals surface area contributed by atoms with E-state index in [0.717, 1.165) is 6.61 Å². The number of nitriles is 1. The van der Waals surface area contributed by atoms with Gasteiger partial charge in [-0.25, -0.2) is 0 Å². The normalized spacial score (nSPS) is 21.9. The van der Waals surface area contributed by atoms with Gasteiger partial charge in [0.15, 0.2) is 0 Å². The zero-order valence-corrected chi connectivity index (χ0v) is 12.1. The Labute approximate surface area is 115 Å². The molecule has 1 aromatic carbocycles. The fraction of sp³-hybridized carbons (Fsp3) is 0.471. The minimum Gasteiger partial charge on any atom is -0.371 e. The topological polar surface area (TPSA) is 33.0 Å². The Bertz CT molecular complexity index is 517. The van der Waals surface area contributed by atoms with E-state index in [1.54, 1.807) is 0 Å². The summed E-state index contributed by atoms with van der Waals surface area (Å²) in [5, 5.41) is 8.86. The second-order valence-electron chi connectivity index (χ2n) is 6.29. The zero-order chi connectivity index (χ0) is 14.1. The third kappa shape index (κ3) is 2.88. The van der Waals surface area contributed by atoms with Gasteiger partial charge in [0, 0.05) is 5.92 Å². The molecule has 0 saturated carbocycles. The van der Waals surface area contributed by atoms with Gasteiger partial charge >= 0.3 is 0 Å². The first kappa shape index (κ1) is 13.8. The number of hydrogen-bond donors (Lipinski definition) is 0. The summed E-state index contributed by atoms with van der Waals surface area (Å²) in [7, 11) is 0. The van der Waals surface area contributed by atoms with Crippen molar-refractivity contribution in [3.8, 4) is 6.07 Å². The van der Waals surface area contributed by atoms with Crippen LogP contribution in [-0.2, 0) is 10.2 Å². The maximum absolute atomic E-state index is 8.86. The average Bonchev–Trinajstić information content (AvgIpc) is 2.38. The molecule has 1 heterocycles. The highest BCUT2D eigenvalue weighted by molar-refractivity contribution is 5.35. The van der Waals surface area contributed by atoms with Gasteiger partial charge in [-0.1, -0.05) is 38.1 Å². The van der Waals surface area contributed by atoms with Gasteiger partial charge < -0.3 is 4.74 Å². The highest BCUT2D eigenvalue weighted by Crippen LogP contribution is 2.36. The van der Waals surface area contributed by atoms with E-state index in [2.05, 4.69) is 45.9 Å². The van der Waals surface area contributed by atoms with Crippen molar-refractivity contribution in [3.63, 3.8) is 0 Å². The van der Waals surface area contributed by atoms with Crippen LogP contribution in [0.25, 0.3) is 0 Å². The minimum atomic E-state index is -0.156. The van der Waals surface area contributed by atoms with Crippen molar-refractivity contribution in [2.45, 2.75) is 38.7 Å². The fourth-order valence-corrected chi connectivity index (χ4v) is 2.39.